The van der Waals surface area contributed by atoms with E-state index in [1.165, 1.54) is 24.4 Å². The Kier molecular flexibility index (Phi) is 5.35. The van der Waals surface area contributed by atoms with Crippen molar-refractivity contribution in [1.29, 1.82) is 0 Å². The third-order valence-electron chi connectivity index (χ3n) is 4.18. The smallest absolute Gasteiger partial charge is 0.201 e. The Bertz CT molecular complexity index is 935. The molecule has 0 amide bonds. The van der Waals surface area contributed by atoms with Crippen LogP contribution in [0.15, 0.2) is 54.9 Å². The van der Waals surface area contributed by atoms with Gasteiger partial charge in [0, 0.05) is 49.4 Å². The zero-order valence-electron chi connectivity index (χ0n) is 14.0. The van der Waals surface area contributed by atoms with Crippen LogP contribution in [0.4, 0.5) is 10.1 Å². The Hall–Kier alpha value is -2.69. The summed E-state index contributed by atoms with van der Waals surface area (Å²) in [6.07, 6.45) is 9.66. The molecule has 0 bridgehead atoms. The van der Waals surface area contributed by atoms with Crippen LogP contribution in [0.5, 0.6) is 0 Å². The number of hydrogen-bond donors (Lipinski definition) is 1. The summed E-state index contributed by atoms with van der Waals surface area (Å²) in [7, 11) is -3.80. The molecule has 5 nitrogen and oxygen atoms in total. The number of halogens is 1. The fourth-order valence-corrected chi connectivity index (χ4v) is 4.82. The standard InChI is InChI=1S/C19H18FN3O2S/c1-2-4-18(15-5-3-10-21-13-15)26(24,25)19-14-22-11-12-23(19)17-8-6-16(20)7-9-17/h1,3-10,13,19,22H,11-12,14H2/b18-4-. The lowest BCUT2D eigenvalue weighted by molar-refractivity contribution is 0.524. The topological polar surface area (TPSA) is 62.3 Å². The molecule has 134 valence electrons. The summed E-state index contributed by atoms with van der Waals surface area (Å²) in [4.78, 5) is 5.79. The molecule has 1 aromatic heterocycles. The van der Waals surface area contributed by atoms with Crippen molar-refractivity contribution in [3.8, 4) is 12.3 Å². The number of hydrogen-bond acceptors (Lipinski definition) is 5. The minimum atomic E-state index is -3.80. The van der Waals surface area contributed by atoms with Gasteiger partial charge < -0.3 is 10.2 Å². The first-order chi connectivity index (χ1) is 12.5. The molecule has 1 unspecified atom stereocenters. The number of nitrogens with zero attached hydrogens (tertiary/aromatic N) is 2. The zero-order valence-corrected chi connectivity index (χ0v) is 14.8. The molecule has 26 heavy (non-hydrogen) atoms. The van der Waals surface area contributed by atoms with Crippen molar-refractivity contribution >= 4 is 20.4 Å². The van der Waals surface area contributed by atoms with E-state index in [2.05, 4.69) is 16.2 Å². The maximum absolute atomic E-state index is 13.4. The highest BCUT2D eigenvalue weighted by molar-refractivity contribution is 8.01. The summed E-state index contributed by atoms with van der Waals surface area (Å²) >= 11 is 0. The first-order valence-electron chi connectivity index (χ1n) is 8.07. The number of nitrogens with one attached hydrogen (secondary N) is 1. The first-order valence-corrected chi connectivity index (χ1v) is 9.62. The average Bonchev–Trinajstić information content (AvgIpc) is 2.67. The fraction of sp³-hybridized carbons (Fsp3) is 0.211. The molecular formula is C19H18FN3O2S. The summed E-state index contributed by atoms with van der Waals surface area (Å²) < 4.78 is 40.0. The number of benzene rings is 1. The van der Waals surface area contributed by atoms with Gasteiger partial charge in [0.15, 0.2) is 0 Å². The van der Waals surface area contributed by atoms with Gasteiger partial charge in [-0.2, -0.15) is 0 Å². The van der Waals surface area contributed by atoms with Crippen molar-refractivity contribution in [2.75, 3.05) is 24.5 Å². The van der Waals surface area contributed by atoms with Gasteiger partial charge in [-0.25, -0.2) is 12.8 Å². The molecule has 0 spiro atoms. The Morgan fingerprint density at radius 2 is 2.12 bits per heavy atom. The Labute approximate surface area is 152 Å². The molecule has 2 aromatic rings. The monoisotopic (exact) mass is 371 g/mol. The van der Waals surface area contributed by atoms with E-state index in [4.69, 9.17) is 6.42 Å². The lowest BCUT2D eigenvalue weighted by Gasteiger charge is -2.37. The predicted octanol–water partition coefficient (Wildman–Crippen LogP) is 2.05. The predicted molar refractivity (Wildman–Crippen MR) is 100 cm³/mol. The van der Waals surface area contributed by atoms with Gasteiger partial charge in [0.25, 0.3) is 0 Å². The van der Waals surface area contributed by atoms with Gasteiger partial charge in [-0.15, -0.1) is 6.42 Å². The van der Waals surface area contributed by atoms with E-state index < -0.39 is 15.2 Å². The Morgan fingerprint density at radius 3 is 2.77 bits per heavy atom. The molecule has 1 saturated heterocycles. The Balaban J connectivity index is 2.03. The maximum atomic E-state index is 13.4. The van der Waals surface area contributed by atoms with E-state index in [1.807, 2.05) is 0 Å². The molecular weight excluding hydrogens is 353 g/mol. The number of piperazine rings is 1. The van der Waals surface area contributed by atoms with E-state index in [0.29, 0.717) is 24.3 Å². The van der Waals surface area contributed by atoms with Crippen LogP contribution in [0.3, 0.4) is 0 Å². The van der Waals surface area contributed by atoms with Crippen molar-refractivity contribution in [1.82, 2.24) is 10.3 Å². The first kappa shape index (κ1) is 18.1. The van der Waals surface area contributed by atoms with Crippen molar-refractivity contribution in [2.45, 2.75) is 5.37 Å². The largest absolute Gasteiger partial charge is 0.352 e. The molecule has 3 rings (SSSR count). The zero-order chi connectivity index (χ0) is 18.6. The van der Waals surface area contributed by atoms with Crippen LogP contribution in [0.2, 0.25) is 0 Å². The number of aromatic nitrogens is 1. The highest BCUT2D eigenvalue weighted by Crippen LogP contribution is 2.29. The lowest BCUT2D eigenvalue weighted by Crippen LogP contribution is -2.55. The number of allylic oxidation sites excluding steroid dienone is 1. The number of sulfone groups is 1. The number of anilines is 1. The molecule has 7 heteroatoms. The van der Waals surface area contributed by atoms with Crippen LogP contribution < -0.4 is 10.2 Å². The van der Waals surface area contributed by atoms with Gasteiger partial charge in [-0.3, -0.25) is 4.98 Å². The SMILES string of the molecule is C#C/C=C(/c1cccnc1)S(=O)(=O)C1CNCCN1c1ccc(F)cc1. The fourth-order valence-electron chi connectivity index (χ4n) is 2.94. The van der Waals surface area contributed by atoms with E-state index in [-0.39, 0.29) is 17.3 Å². The van der Waals surface area contributed by atoms with Crippen LogP contribution in [0.25, 0.3) is 4.91 Å². The van der Waals surface area contributed by atoms with Gasteiger partial charge in [0.05, 0.1) is 4.91 Å². The quantitative estimate of drug-likeness (QED) is 0.834. The van der Waals surface area contributed by atoms with Crippen LogP contribution in [-0.4, -0.2) is 38.4 Å². The molecule has 1 fully saturated rings. The second-order valence-electron chi connectivity index (χ2n) is 5.79. The van der Waals surface area contributed by atoms with E-state index in [1.54, 1.807) is 35.4 Å². The third-order valence-corrected chi connectivity index (χ3v) is 6.28. The van der Waals surface area contributed by atoms with Crippen molar-refractivity contribution < 1.29 is 12.8 Å². The molecule has 0 saturated carbocycles. The highest BCUT2D eigenvalue weighted by atomic mass is 32.2. The van der Waals surface area contributed by atoms with Gasteiger partial charge in [0.2, 0.25) is 9.84 Å². The lowest BCUT2D eigenvalue weighted by atomic mass is 10.2. The average molecular weight is 371 g/mol. The van der Waals surface area contributed by atoms with Gasteiger partial charge in [0.1, 0.15) is 11.2 Å². The van der Waals surface area contributed by atoms with E-state index in [9.17, 15) is 12.8 Å². The second kappa shape index (κ2) is 7.68. The van der Waals surface area contributed by atoms with Gasteiger partial charge in [-0.1, -0.05) is 12.0 Å². The molecule has 2 heterocycles. The van der Waals surface area contributed by atoms with Crippen molar-refractivity contribution in [2.24, 2.45) is 0 Å². The van der Waals surface area contributed by atoms with Crippen LogP contribution in [0.1, 0.15) is 5.56 Å². The normalized spacial score (nSPS) is 18.4. The van der Waals surface area contributed by atoms with E-state index >= 15 is 0 Å². The number of pyridine rings is 1. The molecule has 1 aromatic carbocycles. The maximum Gasteiger partial charge on any atom is 0.201 e. The summed E-state index contributed by atoms with van der Waals surface area (Å²) in [5.74, 6) is 1.95. The molecule has 1 aliphatic rings. The van der Waals surface area contributed by atoms with Crippen molar-refractivity contribution in [3.05, 3.63) is 66.2 Å². The summed E-state index contributed by atoms with van der Waals surface area (Å²) in [6.45, 7) is 1.35. The molecule has 0 radical (unpaired) electrons. The minimum absolute atomic E-state index is 0.0499. The molecule has 0 aliphatic carbocycles. The number of terminal acetylenes is 1. The van der Waals surface area contributed by atoms with Crippen LogP contribution in [0, 0.1) is 18.2 Å². The van der Waals surface area contributed by atoms with Crippen molar-refractivity contribution in [3.63, 3.8) is 0 Å². The van der Waals surface area contributed by atoms with Gasteiger partial charge >= 0.3 is 0 Å². The van der Waals surface area contributed by atoms with Crippen LogP contribution in [-0.2, 0) is 9.84 Å². The molecule has 1 atom stereocenters. The van der Waals surface area contributed by atoms with E-state index in [0.717, 1.165) is 0 Å². The minimum Gasteiger partial charge on any atom is -0.352 e. The molecule has 1 aliphatic heterocycles. The third kappa shape index (κ3) is 3.62. The summed E-state index contributed by atoms with van der Waals surface area (Å²) in [6, 6.07) is 9.12. The second-order valence-corrected chi connectivity index (χ2v) is 7.86. The highest BCUT2D eigenvalue weighted by Gasteiger charge is 2.37. The Morgan fingerprint density at radius 1 is 1.35 bits per heavy atom. The summed E-state index contributed by atoms with van der Waals surface area (Å²) in [5.41, 5.74) is 1.09. The summed E-state index contributed by atoms with van der Waals surface area (Å²) in [5, 5.41) is 2.25. The van der Waals surface area contributed by atoms with Gasteiger partial charge in [-0.05, 0) is 30.3 Å². The number of rotatable bonds is 4. The van der Waals surface area contributed by atoms with Crippen LogP contribution >= 0.6 is 0 Å². The molecule has 1 N–H and O–H groups in total.